The molecule has 2 N–H and O–H groups in total. The molecule has 7 rings (SSSR count). The van der Waals surface area contributed by atoms with Crippen molar-refractivity contribution in [1.29, 1.82) is 0 Å². The Hall–Kier alpha value is -4.62. The van der Waals surface area contributed by atoms with Crippen LogP contribution in [0.25, 0.3) is 11.3 Å². The molecule has 0 spiro atoms. The van der Waals surface area contributed by atoms with E-state index in [1.165, 1.54) is 18.6 Å². The van der Waals surface area contributed by atoms with E-state index < -0.39 is 22.2 Å². The van der Waals surface area contributed by atoms with Crippen molar-refractivity contribution < 1.29 is 17.9 Å². The lowest BCUT2D eigenvalue weighted by Crippen LogP contribution is -2.48. The van der Waals surface area contributed by atoms with E-state index in [2.05, 4.69) is 29.9 Å². The zero-order valence-corrected chi connectivity index (χ0v) is 26.8. The number of hydrogen-bond donors (Lipinski definition) is 2. The van der Waals surface area contributed by atoms with Crippen LogP contribution in [0.4, 0.5) is 11.8 Å². The highest BCUT2D eigenvalue weighted by atomic mass is 32.2. The average Bonchev–Trinajstić information content (AvgIpc) is 3.45. The van der Waals surface area contributed by atoms with Crippen LogP contribution >= 0.6 is 0 Å². The van der Waals surface area contributed by atoms with Gasteiger partial charge in [-0.25, -0.2) is 23.1 Å². The molecule has 4 aromatic rings. The van der Waals surface area contributed by atoms with Gasteiger partial charge in [0, 0.05) is 43.4 Å². The first-order valence-electron chi connectivity index (χ1n) is 15.5. The maximum Gasteiger partial charge on any atom is 0.264 e. The van der Waals surface area contributed by atoms with Gasteiger partial charge in [-0.2, -0.15) is 4.98 Å². The van der Waals surface area contributed by atoms with Gasteiger partial charge in [0.15, 0.2) is 0 Å². The number of benzene rings is 2. The van der Waals surface area contributed by atoms with Gasteiger partial charge in [0.2, 0.25) is 11.8 Å². The van der Waals surface area contributed by atoms with Crippen molar-refractivity contribution in [3.8, 4) is 17.1 Å². The summed E-state index contributed by atoms with van der Waals surface area (Å²) in [5.74, 6) is 0.496. The minimum atomic E-state index is -4.16. The zero-order chi connectivity index (χ0) is 32.0. The largest absolute Gasteiger partial charge is 0.471 e. The zero-order valence-electron chi connectivity index (χ0n) is 26.0. The van der Waals surface area contributed by atoms with Crippen molar-refractivity contribution in [2.24, 2.45) is 0 Å². The Labute approximate surface area is 268 Å². The number of carbonyl (C=O) groups is 1. The standard InChI is InChI=1S/C33H36N8O4S/c1-20-7-4-8-21(2)31(20)26-14-30-38-33(37-26)39-46(43,44)25-12-5-9-22(13-25)32(42)41(27-16-35-17-28(27)45-30)19-23-15-34-18-29(36-23)40(3)24-10-6-11-24/h4-5,7-9,12-15,18,24,27-28,35H,6,10-11,16-17,19H2,1-3H3,(H,37,38,39)/t27-,28-/m1/s1. The number of rotatable bonds is 5. The number of carbonyl (C=O) groups excluding carboxylic acids is 1. The number of hydrogen-bond acceptors (Lipinski definition) is 10. The van der Waals surface area contributed by atoms with Crippen molar-refractivity contribution in [2.75, 3.05) is 29.8 Å². The van der Waals surface area contributed by atoms with Crippen LogP contribution in [0.5, 0.6) is 5.88 Å². The highest BCUT2D eigenvalue weighted by molar-refractivity contribution is 7.92. The molecule has 0 radical (unpaired) electrons. The fourth-order valence-corrected chi connectivity index (χ4v) is 7.35. The van der Waals surface area contributed by atoms with Crippen molar-refractivity contribution in [3.05, 3.63) is 83.3 Å². The van der Waals surface area contributed by atoms with Crippen LogP contribution in [0, 0.1) is 13.8 Å². The number of fused-ring (bicyclic) bond motifs is 5. The van der Waals surface area contributed by atoms with Crippen molar-refractivity contribution in [1.82, 2.24) is 30.2 Å². The molecule has 12 nitrogen and oxygen atoms in total. The molecule has 4 heterocycles. The van der Waals surface area contributed by atoms with Crippen LogP contribution in [0.1, 0.15) is 46.4 Å². The molecule has 1 saturated heterocycles. The van der Waals surface area contributed by atoms with Crippen LogP contribution in [0.2, 0.25) is 0 Å². The first-order chi connectivity index (χ1) is 22.2. The molecule has 46 heavy (non-hydrogen) atoms. The predicted octanol–water partition coefficient (Wildman–Crippen LogP) is 3.72. The van der Waals surface area contributed by atoms with Gasteiger partial charge in [0.1, 0.15) is 11.9 Å². The van der Waals surface area contributed by atoms with Crippen LogP contribution < -0.4 is 19.7 Å². The summed E-state index contributed by atoms with van der Waals surface area (Å²) in [5.41, 5.74) is 4.20. The number of sulfonamides is 1. The molecule has 3 aliphatic rings. The van der Waals surface area contributed by atoms with E-state index in [1.54, 1.807) is 35.5 Å². The Balaban J connectivity index is 1.32. The van der Waals surface area contributed by atoms with E-state index >= 15 is 0 Å². The van der Waals surface area contributed by atoms with Gasteiger partial charge in [-0.1, -0.05) is 24.3 Å². The van der Waals surface area contributed by atoms with Crippen LogP contribution in [-0.2, 0) is 16.6 Å². The summed E-state index contributed by atoms with van der Waals surface area (Å²) < 4.78 is 36.3. The normalized spacial score (nSPS) is 20.7. The molecule has 13 heteroatoms. The first kappa shape index (κ1) is 30.1. The third kappa shape index (κ3) is 5.76. The topological polar surface area (TPSA) is 143 Å². The number of nitrogens with zero attached hydrogens (tertiary/aromatic N) is 6. The van der Waals surface area contributed by atoms with Gasteiger partial charge in [-0.15, -0.1) is 0 Å². The minimum Gasteiger partial charge on any atom is -0.471 e. The molecule has 2 atom stereocenters. The third-order valence-electron chi connectivity index (χ3n) is 9.11. The van der Waals surface area contributed by atoms with Gasteiger partial charge in [0.25, 0.3) is 15.9 Å². The summed E-state index contributed by atoms with van der Waals surface area (Å²) >= 11 is 0. The Morgan fingerprint density at radius 3 is 2.54 bits per heavy atom. The monoisotopic (exact) mass is 640 g/mol. The van der Waals surface area contributed by atoms with E-state index in [0.29, 0.717) is 30.5 Å². The molecule has 2 aliphatic heterocycles. The molecule has 2 aromatic carbocycles. The molecule has 2 fully saturated rings. The molecule has 238 valence electrons. The number of aryl methyl sites for hydroxylation is 2. The highest BCUT2D eigenvalue weighted by Gasteiger charge is 2.38. The maximum absolute atomic E-state index is 14.3. The molecule has 1 amide bonds. The molecular formula is C33H36N8O4S. The predicted molar refractivity (Wildman–Crippen MR) is 173 cm³/mol. The van der Waals surface area contributed by atoms with E-state index in [4.69, 9.17) is 9.72 Å². The number of anilines is 2. The van der Waals surface area contributed by atoms with E-state index in [9.17, 15) is 13.2 Å². The Morgan fingerprint density at radius 1 is 1.00 bits per heavy atom. The Morgan fingerprint density at radius 2 is 1.78 bits per heavy atom. The van der Waals surface area contributed by atoms with Crippen molar-refractivity contribution >= 4 is 27.7 Å². The summed E-state index contributed by atoms with van der Waals surface area (Å²) in [7, 11) is -2.14. The molecule has 2 aromatic heterocycles. The number of ether oxygens (including phenoxy) is 1. The second-order valence-corrected chi connectivity index (χ2v) is 13.9. The van der Waals surface area contributed by atoms with E-state index in [0.717, 1.165) is 35.3 Å². The summed E-state index contributed by atoms with van der Waals surface area (Å²) in [6, 6.07) is 13.7. The average molecular weight is 641 g/mol. The van der Waals surface area contributed by atoms with Gasteiger partial charge < -0.3 is 19.9 Å². The SMILES string of the molecule is Cc1cccc(C)c1-c1cc2nc(n1)NS(=O)(=O)c1cccc(c1)C(=O)N(Cc1cncc(N(C)C3CCC3)n1)[C@@H]1CNC[C@H]1O2. The maximum atomic E-state index is 14.3. The molecule has 4 bridgehead atoms. The summed E-state index contributed by atoms with van der Waals surface area (Å²) in [4.78, 5) is 36.5. The van der Waals surface area contributed by atoms with E-state index in [-0.39, 0.29) is 34.7 Å². The van der Waals surface area contributed by atoms with Crippen molar-refractivity contribution in [3.63, 3.8) is 0 Å². The molecule has 0 unspecified atom stereocenters. The first-order valence-corrected chi connectivity index (χ1v) is 17.0. The van der Waals surface area contributed by atoms with Gasteiger partial charge >= 0.3 is 0 Å². The van der Waals surface area contributed by atoms with Crippen LogP contribution in [-0.4, -0.2) is 77.5 Å². The second kappa shape index (κ2) is 12.0. The molecular weight excluding hydrogens is 604 g/mol. The lowest BCUT2D eigenvalue weighted by atomic mass is 9.92. The molecule has 1 aliphatic carbocycles. The quantitative estimate of drug-likeness (QED) is 0.332. The second-order valence-electron chi connectivity index (χ2n) is 12.2. The third-order valence-corrected chi connectivity index (χ3v) is 10.4. The number of aromatic nitrogens is 4. The lowest BCUT2D eigenvalue weighted by molar-refractivity contribution is 0.0516. The minimum absolute atomic E-state index is 0.0777. The number of nitrogens with one attached hydrogen (secondary N) is 2. The Kier molecular flexibility index (Phi) is 7.81. The van der Waals surface area contributed by atoms with Gasteiger partial charge in [0.05, 0.1) is 41.3 Å². The number of amides is 1. The van der Waals surface area contributed by atoms with Crippen LogP contribution in [0.3, 0.4) is 0 Å². The fourth-order valence-electron chi connectivity index (χ4n) is 6.36. The van der Waals surface area contributed by atoms with Crippen LogP contribution in [0.15, 0.2) is 65.8 Å². The highest BCUT2D eigenvalue weighted by Crippen LogP contribution is 2.32. The smallest absolute Gasteiger partial charge is 0.264 e. The van der Waals surface area contributed by atoms with Gasteiger partial charge in [-0.05, 0) is 62.4 Å². The van der Waals surface area contributed by atoms with Gasteiger partial charge in [-0.3, -0.25) is 9.78 Å². The lowest BCUT2D eigenvalue weighted by Gasteiger charge is -2.36. The van der Waals surface area contributed by atoms with E-state index in [1.807, 2.05) is 39.1 Å². The fraction of sp³-hybridized carbons (Fsp3) is 0.364. The molecule has 1 saturated carbocycles. The summed E-state index contributed by atoms with van der Waals surface area (Å²) in [5, 5.41) is 3.37. The summed E-state index contributed by atoms with van der Waals surface area (Å²) in [6.07, 6.45) is 6.35. The van der Waals surface area contributed by atoms with Crippen molar-refractivity contribution in [2.45, 2.75) is 62.7 Å². The summed E-state index contributed by atoms with van der Waals surface area (Å²) in [6.45, 7) is 5.02. The Bertz CT molecular complexity index is 1900.